The number of likely N-dealkylation sites (N-methyl/N-ethyl adjacent to an activating group) is 1. The zero-order valence-corrected chi connectivity index (χ0v) is 24.8. The predicted octanol–water partition coefficient (Wildman–Crippen LogP) is 5.61. The average molecular weight is 630 g/mol. The number of pyridine rings is 1. The van der Waals surface area contributed by atoms with Crippen molar-refractivity contribution in [2.45, 2.75) is 18.9 Å². The van der Waals surface area contributed by atoms with Crippen LogP contribution >= 0.6 is 19.4 Å². The molecule has 228 valence electrons. The molecule has 15 heteroatoms. The van der Waals surface area contributed by atoms with E-state index < -0.39 is 31.6 Å². The summed E-state index contributed by atoms with van der Waals surface area (Å²) in [5.74, 6) is -1.22. The third kappa shape index (κ3) is 9.69. The number of phosphoric ester groups is 1. The summed E-state index contributed by atoms with van der Waals surface area (Å²) in [6.07, 6.45) is 0.792. The van der Waals surface area contributed by atoms with Crippen LogP contribution in [-0.2, 0) is 38.8 Å². The SMILES string of the molecule is COP(=O)(OC)OCCOC[C@@H](COC(=O)Nc1cc2cc(F)ccc2cn1)N(C)C(=O)CCc1cccc(F)c1Cl. The lowest BCUT2D eigenvalue weighted by atomic mass is 10.1. The van der Waals surface area contributed by atoms with E-state index in [9.17, 15) is 22.9 Å². The third-order valence-corrected chi connectivity index (χ3v) is 7.95. The first-order valence-electron chi connectivity index (χ1n) is 12.7. The maximum Gasteiger partial charge on any atom is 0.474 e. The molecule has 1 heterocycles. The number of carbonyl (C=O) groups excluding carboxylic acids is 2. The molecule has 1 atom stereocenters. The Morgan fingerprint density at radius 2 is 1.83 bits per heavy atom. The van der Waals surface area contributed by atoms with E-state index in [0.29, 0.717) is 16.3 Å². The molecule has 0 aliphatic heterocycles. The highest BCUT2D eigenvalue weighted by molar-refractivity contribution is 7.48. The minimum atomic E-state index is -3.69. The van der Waals surface area contributed by atoms with Crippen molar-refractivity contribution < 1.29 is 46.0 Å². The molecule has 1 aromatic heterocycles. The first-order valence-corrected chi connectivity index (χ1v) is 14.5. The lowest BCUT2D eigenvalue weighted by Crippen LogP contribution is -2.44. The molecule has 2 amide bonds. The summed E-state index contributed by atoms with van der Waals surface area (Å²) in [5.41, 5.74) is 0.475. The lowest BCUT2D eigenvalue weighted by Gasteiger charge is -2.28. The Balaban J connectivity index is 1.60. The normalized spacial score (nSPS) is 12.2. The van der Waals surface area contributed by atoms with E-state index in [-0.39, 0.29) is 56.0 Å². The van der Waals surface area contributed by atoms with Crippen molar-refractivity contribution in [1.29, 1.82) is 0 Å². The fraction of sp³-hybridized carbons (Fsp3) is 0.370. The van der Waals surface area contributed by atoms with Gasteiger partial charge in [-0.15, -0.1) is 0 Å². The number of hydrogen-bond acceptors (Lipinski definition) is 9. The topological polar surface area (TPSA) is 126 Å². The second-order valence-electron chi connectivity index (χ2n) is 8.88. The second-order valence-corrected chi connectivity index (χ2v) is 11.1. The fourth-order valence-electron chi connectivity index (χ4n) is 3.73. The second kappa shape index (κ2) is 15.9. The standard InChI is InChI=1S/C27H31ClF2N3O8P/c1-33(25(34)10-8-18-5-4-6-23(30)26(18)28)22(16-39-11-12-41-42(36,37-2)38-3)17-40-27(35)32-24-14-20-13-21(29)9-7-19(20)15-31-24/h4-7,9,13-15,22H,8,10-12,16-17H2,1-3H3,(H,31,32,35)/t22-/m0/s1. The number of anilines is 1. The first-order chi connectivity index (χ1) is 20.0. The van der Waals surface area contributed by atoms with E-state index in [1.54, 1.807) is 12.1 Å². The number of carbonyl (C=O) groups is 2. The van der Waals surface area contributed by atoms with Crippen LogP contribution in [0.3, 0.4) is 0 Å². The highest BCUT2D eigenvalue weighted by atomic mass is 35.5. The maximum absolute atomic E-state index is 13.8. The molecule has 3 aromatic rings. The molecule has 42 heavy (non-hydrogen) atoms. The zero-order valence-electron chi connectivity index (χ0n) is 23.2. The number of halogens is 3. The van der Waals surface area contributed by atoms with Gasteiger partial charge in [0, 0.05) is 39.3 Å². The molecule has 0 fully saturated rings. The molecule has 11 nitrogen and oxygen atoms in total. The van der Waals surface area contributed by atoms with Crippen molar-refractivity contribution in [3.8, 4) is 0 Å². The predicted molar refractivity (Wildman–Crippen MR) is 151 cm³/mol. The Kier molecular flexibility index (Phi) is 12.6. The molecule has 0 bridgehead atoms. The molecule has 0 saturated heterocycles. The summed E-state index contributed by atoms with van der Waals surface area (Å²) in [6, 6.07) is 9.27. The molecule has 0 aliphatic rings. The Hall–Kier alpha value is -3.19. The van der Waals surface area contributed by atoms with Crippen LogP contribution in [0.2, 0.25) is 5.02 Å². The monoisotopic (exact) mass is 629 g/mol. The van der Waals surface area contributed by atoms with Gasteiger partial charge < -0.3 is 14.4 Å². The van der Waals surface area contributed by atoms with Crippen molar-refractivity contribution in [2.75, 3.05) is 53.0 Å². The largest absolute Gasteiger partial charge is 0.474 e. The Labute approximate surface area is 246 Å². The molecule has 0 saturated carbocycles. The number of aryl methyl sites for hydroxylation is 1. The van der Waals surface area contributed by atoms with Crippen molar-refractivity contribution in [2.24, 2.45) is 0 Å². The van der Waals surface area contributed by atoms with Gasteiger partial charge in [0.2, 0.25) is 5.91 Å². The van der Waals surface area contributed by atoms with Gasteiger partial charge in [0.05, 0.1) is 30.9 Å². The molecule has 0 aliphatic carbocycles. The average Bonchev–Trinajstić information content (AvgIpc) is 2.98. The molecule has 3 rings (SSSR count). The highest BCUT2D eigenvalue weighted by Crippen LogP contribution is 2.47. The van der Waals surface area contributed by atoms with Gasteiger partial charge in [-0.2, -0.15) is 0 Å². The fourth-order valence-corrected chi connectivity index (χ4v) is 4.61. The van der Waals surface area contributed by atoms with Crippen molar-refractivity contribution in [3.63, 3.8) is 0 Å². The van der Waals surface area contributed by atoms with Gasteiger partial charge in [-0.25, -0.2) is 23.1 Å². The minimum Gasteiger partial charge on any atom is -0.447 e. The van der Waals surface area contributed by atoms with Crippen LogP contribution in [0, 0.1) is 11.6 Å². The van der Waals surface area contributed by atoms with E-state index in [0.717, 1.165) is 0 Å². The van der Waals surface area contributed by atoms with E-state index in [1.165, 1.54) is 62.7 Å². The Bertz CT molecular complexity index is 1430. The number of hydrogen-bond donors (Lipinski definition) is 1. The van der Waals surface area contributed by atoms with E-state index in [2.05, 4.69) is 19.3 Å². The summed E-state index contributed by atoms with van der Waals surface area (Å²) in [7, 11) is 0.162. The molecular formula is C27H31ClF2N3O8P. The zero-order chi connectivity index (χ0) is 30.7. The smallest absolute Gasteiger partial charge is 0.447 e. The quantitative estimate of drug-likeness (QED) is 0.169. The molecule has 0 unspecified atom stereocenters. The molecule has 0 spiro atoms. The van der Waals surface area contributed by atoms with Gasteiger partial charge in [-0.3, -0.25) is 23.7 Å². The van der Waals surface area contributed by atoms with Crippen molar-refractivity contribution >= 4 is 48.0 Å². The van der Waals surface area contributed by atoms with E-state index >= 15 is 0 Å². The number of aromatic nitrogens is 1. The van der Waals surface area contributed by atoms with E-state index in [4.69, 9.17) is 25.6 Å². The van der Waals surface area contributed by atoms with Crippen LogP contribution in [0.4, 0.5) is 19.4 Å². The Morgan fingerprint density at radius 1 is 1.07 bits per heavy atom. The number of nitrogens with zero attached hydrogens (tertiary/aromatic N) is 2. The summed E-state index contributed by atoms with van der Waals surface area (Å²) in [4.78, 5) is 31.0. The first kappa shape index (κ1) is 33.3. The van der Waals surface area contributed by atoms with Crippen LogP contribution < -0.4 is 5.32 Å². The van der Waals surface area contributed by atoms with Crippen LogP contribution in [0.15, 0.2) is 48.7 Å². The van der Waals surface area contributed by atoms with Gasteiger partial charge in [-0.1, -0.05) is 23.7 Å². The van der Waals surface area contributed by atoms with Crippen LogP contribution in [0.25, 0.3) is 10.8 Å². The molecule has 0 radical (unpaired) electrons. The van der Waals surface area contributed by atoms with Gasteiger partial charge >= 0.3 is 13.9 Å². The Morgan fingerprint density at radius 3 is 2.57 bits per heavy atom. The number of fused-ring (bicyclic) bond motifs is 1. The van der Waals surface area contributed by atoms with Gasteiger partial charge in [0.15, 0.2) is 0 Å². The summed E-state index contributed by atoms with van der Waals surface area (Å²) < 4.78 is 64.7. The van der Waals surface area contributed by atoms with Gasteiger partial charge in [0.1, 0.15) is 24.1 Å². The van der Waals surface area contributed by atoms with Crippen molar-refractivity contribution in [1.82, 2.24) is 9.88 Å². The molecular weight excluding hydrogens is 599 g/mol. The van der Waals surface area contributed by atoms with Crippen LogP contribution in [0.1, 0.15) is 12.0 Å². The molecule has 1 N–H and O–H groups in total. The number of ether oxygens (including phenoxy) is 2. The van der Waals surface area contributed by atoms with Crippen molar-refractivity contribution in [3.05, 3.63) is 70.9 Å². The maximum atomic E-state index is 13.8. The molecule has 2 aromatic carbocycles. The van der Waals surface area contributed by atoms with Crippen LogP contribution in [-0.4, -0.2) is 75.6 Å². The number of benzene rings is 2. The lowest BCUT2D eigenvalue weighted by molar-refractivity contribution is -0.134. The number of phosphoric acid groups is 1. The van der Waals surface area contributed by atoms with E-state index in [1.807, 2.05) is 0 Å². The minimum absolute atomic E-state index is 0.00604. The number of nitrogens with one attached hydrogen (secondary N) is 1. The summed E-state index contributed by atoms with van der Waals surface area (Å²) >= 11 is 6.00. The summed E-state index contributed by atoms with van der Waals surface area (Å²) in [6.45, 7) is -0.543. The van der Waals surface area contributed by atoms with Gasteiger partial charge in [-0.05, 0) is 47.7 Å². The number of rotatable bonds is 15. The third-order valence-electron chi connectivity index (χ3n) is 6.14. The van der Waals surface area contributed by atoms with Crippen LogP contribution in [0.5, 0.6) is 0 Å². The highest BCUT2D eigenvalue weighted by Gasteiger charge is 2.24. The number of amides is 2. The van der Waals surface area contributed by atoms with Gasteiger partial charge in [0.25, 0.3) is 0 Å². The summed E-state index contributed by atoms with van der Waals surface area (Å²) in [5, 5.41) is 3.63.